The lowest BCUT2D eigenvalue weighted by molar-refractivity contribution is 0.0839. The van der Waals surface area contributed by atoms with E-state index < -0.39 is 6.10 Å². The quantitative estimate of drug-likeness (QED) is 0.345. The summed E-state index contributed by atoms with van der Waals surface area (Å²) in [5.41, 5.74) is 1.74. The van der Waals surface area contributed by atoms with Crippen LogP contribution in [0.25, 0.3) is 10.9 Å². The zero-order valence-electron chi connectivity index (χ0n) is 19.8. The van der Waals surface area contributed by atoms with Gasteiger partial charge in [-0.3, -0.25) is 4.98 Å². The second-order valence-electron chi connectivity index (χ2n) is 9.27. The molecule has 1 aromatic heterocycles. The number of benzene rings is 1. The number of phenolic OH excluding ortho intramolecular Hbond substituents is 1. The minimum absolute atomic E-state index is 0.0798. The minimum atomic E-state index is -0.423. The highest BCUT2D eigenvalue weighted by atomic mass is 16.5. The van der Waals surface area contributed by atoms with Crippen LogP contribution in [0.2, 0.25) is 0 Å². The van der Waals surface area contributed by atoms with Gasteiger partial charge in [-0.05, 0) is 68.3 Å². The van der Waals surface area contributed by atoms with Crippen molar-refractivity contribution in [1.29, 1.82) is 0 Å². The fourth-order valence-electron chi connectivity index (χ4n) is 5.05. The van der Waals surface area contributed by atoms with Crippen molar-refractivity contribution in [3.63, 3.8) is 0 Å². The molecule has 1 aliphatic rings. The summed E-state index contributed by atoms with van der Waals surface area (Å²) in [6.45, 7) is 9.71. The third kappa shape index (κ3) is 6.46. The molecule has 1 aliphatic heterocycles. The van der Waals surface area contributed by atoms with Gasteiger partial charge in [-0.1, -0.05) is 38.7 Å². The summed E-state index contributed by atoms with van der Waals surface area (Å²) in [6.07, 6.45) is 12.5. The second-order valence-corrected chi connectivity index (χ2v) is 9.27. The number of pyridine rings is 1. The van der Waals surface area contributed by atoms with E-state index in [2.05, 4.69) is 29.5 Å². The van der Waals surface area contributed by atoms with Gasteiger partial charge in [-0.25, -0.2) is 0 Å². The highest BCUT2D eigenvalue weighted by Crippen LogP contribution is 2.33. The van der Waals surface area contributed by atoms with E-state index in [1.54, 1.807) is 19.4 Å². The SMILES string of the molecule is C=C[C@H]1CN(CCCCCCC)CC[C@H]1CC(O)Cc1ccnc2cc(O)c(OC)cc12. The fraction of sp³-hybridized carbons (Fsp3) is 0.593. The van der Waals surface area contributed by atoms with Gasteiger partial charge in [0.15, 0.2) is 11.5 Å². The number of aliphatic hydroxyl groups excluding tert-OH is 1. The van der Waals surface area contributed by atoms with Crippen molar-refractivity contribution in [3.05, 3.63) is 42.6 Å². The van der Waals surface area contributed by atoms with Crippen molar-refractivity contribution < 1.29 is 14.9 Å². The Bertz CT molecular complexity index is 869. The van der Waals surface area contributed by atoms with E-state index in [-0.39, 0.29) is 5.75 Å². The first kappa shape index (κ1) is 24.5. The van der Waals surface area contributed by atoms with Crippen molar-refractivity contribution in [2.45, 2.75) is 64.4 Å². The lowest BCUT2D eigenvalue weighted by Gasteiger charge is -2.38. The van der Waals surface area contributed by atoms with Gasteiger partial charge < -0.3 is 19.8 Å². The number of nitrogens with zero attached hydrogens (tertiary/aromatic N) is 2. The summed E-state index contributed by atoms with van der Waals surface area (Å²) < 4.78 is 5.26. The zero-order chi connectivity index (χ0) is 22.9. The number of fused-ring (bicyclic) bond motifs is 1. The van der Waals surface area contributed by atoms with Crippen LogP contribution in [0.5, 0.6) is 11.5 Å². The Balaban J connectivity index is 1.57. The minimum Gasteiger partial charge on any atom is -0.504 e. The highest BCUT2D eigenvalue weighted by Gasteiger charge is 2.29. The Labute approximate surface area is 193 Å². The molecule has 2 N–H and O–H groups in total. The van der Waals surface area contributed by atoms with E-state index in [1.165, 1.54) is 38.6 Å². The number of hydrogen-bond acceptors (Lipinski definition) is 5. The molecule has 0 bridgehead atoms. The van der Waals surface area contributed by atoms with Crippen LogP contribution >= 0.6 is 0 Å². The van der Waals surface area contributed by atoms with E-state index in [1.807, 2.05) is 12.1 Å². The van der Waals surface area contributed by atoms with Gasteiger partial charge in [0.05, 0.1) is 18.7 Å². The van der Waals surface area contributed by atoms with Gasteiger partial charge in [0.2, 0.25) is 0 Å². The molecular weight excluding hydrogens is 400 g/mol. The third-order valence-electron chi connectivity index (χ3n) is 6.93. The van der Waals surface area contributed by atoms with Crippen molar-refractivity contribution in [2.75, 3.05) is 26.7 Å². The van der Waals surface area contributed by atoms with Gasteiger partial charge >= 0.3 is 0 Å². The number of methoxy groups -OCH3 is 1. The van der Waals surface area contributed by atoms with E-state index in [9.17, 15) is 10.2 Å². The number of likely N-dealkylation sites (tertiary alicyclic amines) is 1. The number of phenols is 1. The smallest absolute Gasteiger partial charge is 0.161 e. The first-order valence-corrected chi connectivity index (χ1v) is 12.2. The first-order chi connectivity index (χ1) is 15.5. The summed E-state index contributed by atoms with van der Waals surface area (Å²) in [4.78, 5) is 6.94. The Kier molecular flexibility index (Phi) is 9.36. The van der Waals surface area contributed by atoms with Crippen LogP contribution in [0.1, 0.15) is 57.4 Å². The number of piperidine rings is 1. The third-order valence-corrected chi connectivity index (χ3v) is 6.93. The number of rotatable bonds is 12. The number of aliphatic hydroxyl groups is 1. The van der Waals surface area contributed by atoms with Crippen LogP contribution in [0.3, 0.4) is 0 Å². The van der Waals surface area contributed by atoms with Crippen LogP contribution in [0.15, 0.2) is 37.1 Å². The van der Waals surface area contributed by atoms with Gasteiger partial charge in [-0.15, -0.1) is 6.58 Å². The monoisotopic (exact) mass is 440 g/mol. The fourth-order valence-corrected chi connectivity index (χ4v) is 5.05. The Morgan fingerprint density at radius 1 is 1.28 bits per heavy atom. The van der Waals surface area contributed by atoms with Crippen LogP contribution in [0, 0.1) is 11.8 Å². The Hall–Kier alpha value is -2.11. The van der Waals surface area contributed by atoms with E-state index in [4.69, 9.17) is 4.74 Å². The molecular formula is C27H40N2O3. The zero-order valence-corrected chi connectivity index (χ0v) is 19.8. The molecule has 0 spiro atoms. The maximum atomic E-state index is 10.9. The maximum absolute atomic E-state index is 10.9. The average molecular weight is 441 g/mol. The van der Waals surface area contributed by atoms with Crippen molar-refractivity contribution in [1.82, 2.24) is 9.88 Å². The van der Waals surface area contributed by atoms with Gasteiger partial charge in [0, 0.05) is 24.2 Å². The summed E-state index contributed by atoms with van der Waals surface area (Å²) in [6, 6.07) is 5.38. The molecule has 1 saturated heterocycles. The highest BCUT2D eigenvalue weighted by molar-refractivity contribution is 5.85. The first-order valence-electron chi connectivity index (χ1n) is 12.2. The lowest BCUT2D eigenvalue weighted by Crippen LogP contribution is -2.41. The number of aromatic nitrogens is 1. The second kappa shape index (κ2) is 12.2. The molecule has 5 heteroatoms. The number of unbranched alkanes of at least 4 members (excludes halogenated alkanes) is 4. The number of aromatic hydroxyl groups is 1. The molecule has 1 fully saturated rings. The number of ether oxygens (including phenoxy) is 1. The predicted molar refractivity (Wildman–Crippen MR) is 131 cm³/mol. The van der Waals surface area contributed by atoms with Crippen molar-refractivity contribution in [2.24, 2.45) is 11.8 Å². The van der Waals surface area contributed by atoms with Crippen LogP contribution in [-0.2, 0) is 6.42 Å². The van der Waals surface area contributed by atoms with Crippen molar-refractivity contribution in [3.8, 4) is 11.5 Å². The Morgan fingerprint density at radius 2 is 2.09 bits per heavy atom. The van der Waals surface area contributed by atoms with E-state index in [0.29, 0.717) is 29.5 Å². The largest absolute Gasteiger partial charge is 0.504 e. The molecule has 0 aliphatic carbocycles. The van der Waals surface area contributed by atoms with Crippen molar-refractivity contribution >= 4 is 10.9 Å². The molecule has 3 rings (SSSR count). The summed E-state index contributed by atoms with van der Waals surface area (Å²) in [7, 11) is 1.54. The van der Waals surface area contributed by atoms with Gasteiger partial charge in [-0.2, -0.15) is 0 Å². The molecule has 0 amide bonds. The van der Waals surface area contributed by atoms with E-state index >= 15 is 0 Å². The van der Waals surface area contributed by atoms with Gasteiger partial charge in [0.25, 0.3) is 0 Å². The normalized spacial score (nSPS) is 20.3. The molecule has 0 saturated carbocycles. The molecule has 2 aromatic rings. The predicted octanol–water partition coefficient (Wildman–Crippen LogP) is 5.34. The summed E-state index contributed by atoms with van der Waals surface area (Å²) >= 11 is 0. The molecule has 1 aromatic carbocycles. The molecule has 0 radical (unpaired) electrons. The molecule has 1 unspecified atom stereocenters. The molecule has 5 nitrogen and oxygen atoms in total. The van der Waals surface area contributed by atoms with Crippen LogP contribution in [-0.4, -0.2) is 52.9 Å². The molecule has 176 valence electrons. The molecule has 3 atom stereocenters. The van der Waals surface area contributed by atoms with Gasteiger partial charge in [0.1, 0.15) is 0 Å². The topological polar surface area (TPSA) is 65.8 Å². The van der Waals surface area contributed by atoms with E-state index in [0.717, 1.165) is 36.9 Å². The maximum Gasteiger partial charge on any atom is 0.161 e. The molecule has 2 heterocycles. The Morgan fingerprint density at radius 3 is 2.84 bits per heavy atom. The summed E-state index contributed by atoms with van der Waals surface area (Å²) in [5.74, 6) is 1.40. The van der Waals surface area contributed by atoms with Crippen LogP contribution in [0.4, 0.5) is 0 Å². The van der Waals surface area contributed by atoms with Crippen LogP contribution < -0.4 is 4.74 Å². The lowest BCUT2D eigenvalue weighted by atomic mass is 9.80. The molecule has 32 heavy (non-hydrogen) atoms. The standard InChI is InChI=1S/C27H40N2O3/c1-4-6-7-8-9-13-29-14-11-21(20(5-2)19-29)15-23(30)16-22-10-12-28-25-18-26(31)27(32-3)17-24(22)25/h5,10,12,17-18,20-21,23,30-31H,2,4,6-9,11,13-16,19H2,1,3H3/t20-,21-,23?/m0/s1. The number of hydrogen-bond donors (Lipinski definition) is 2. The average Bonchev–Trinajstić information content (AvgIpc) is 2.79. The summed E-state index contributed by atoms with van der Waals surface area (Å²) in [5, 5.41) is 21.9.